The van der Waals surface area contributed by atoms with E-state index in [4.69, 9.17) is 4.74 Å². The Kier molecular flexibility index (Phi) is 6.55. The minimum absolute atomic E-state index is 0.0277. The molecule has 0 saturated heterocycles. The van der Waals surface area contributed by atoms with Crippen LogP contribution in [0.2, 0.25) is 0 Å². The van der Waals surface area contributed by atoms with Crippen LogP contribution in [0.5, 0.6) is 5.75 Å². The van der Waals surface area contributed by atoms with E-state index in [2.05, 4.69) is 12.2 Å². The van der Waals surface area contributed by atoms with Gasteiger partial charge in [-0.3, -0.25) is 9.59 Å². The normalized spacial score (nSPS) is 11.6. The first-order chi connectivity index (χ1) is 11.6. The first-order valence-corrected chi connectivity index (χ1v) is 8.22. The summed E-state index contributed by atoms with van der Waals surface area (Å²) in [6.45, 7) is 4.03. The SMILES string of the molecule is CCC[C@@H](C)NC(=O)COc1ccc(C(=O)c2ccccc2)cc1. The van der Waals surface area contributed by atoms with E-state index in [9.17, 15) is 9.59 Å². The highest BCUT2D eigenvalue weighted by Gasteiger charge is 2.10. The van der Waals surface area contributed by atoms with Crippen molar-refractivity contribution in [1.82, 2.24) is 5.32 Å². The molecule has 1 atom stereocenters. The van der Waals surface area contributed by atoms with Crippen molar-refractivity contribution in [3.8, 4) is 5.75 Å². The van der Waals surface area contributed by atoms with Gasteiger partial charge in [-0.1, -0.05) is 43.7 Å². The molecule has 0 fully saturated rings. The Balaban J connectivity index is 1.88. The number of carbonyl (C=O) groups is 2. The van der Waals surface area contributed by atoms with E-state index in [1.807, 2.05) is 25.1 Å². The zero-order valence-electron chi connectivity index (χ0n) is 14.1. The Bertz CT molecular complexity index is 665. The van der Waals surface area contributed by atoms with Crippen molar-refractivity contribution >= 4 is 11.7 Å². The van der Waals surface area contributed by atoms with Crippen LogP contribution in [0.3, 0.4) is 0 Å². The van der Waals surface area contributed by atoms with Gasteiger partial charge in [0.25, 0.3) is 5.91 Å². The molecule has 1 amide bonds. The minimum atomic E-state index is -0.139. The second-order valence-electron chi connectivity index (χ2n) is 5.77. The zero-order chi connectivity index (χ0) is 17.4. The van der Waals surface area contributed by atoms with E-state index in [1.54, 1.807) is 36.4 Å². The lowest BCUT2D eigenvalue weighted by molar-refractivity contribution is -0.123. The van der Waals surface area contributed by atoms with Crippen molar-refractivity contribution in [3.63, 3.8) is 0 Å². The summed E-state index contributed by atoms with van der Waals surface area (Å²) in [5.41, 5.74) is 1.24. The number of hydrogen-bond donors (Lipinski definition) is 1. The van der Waals surface area contributed by atoms with Crippen molar-refractivity contribution in [2.24, 2.45) is 0 Å². The van der Waals surface area contributed by atoms with Crippen LogP contribution in [0.15, 0.2) is 54.6 Å². The van der Waals surface area contributed by atoms with E-state index in [0.29, 0.717) is 16.9 Å². The van der Waals surface area contributed by atoms with Gasteiger partial charge in [0, 0.05) is 17.2 Å². The van der Waals surface area contributed by atoms with E-state index < -0.39 is 0 Å². The quantitative estimate of drug-likeness (QED) is 0.755. The standard InChI is InChI=1S/C20H23NO3/c1-3-7-15(2)21-19(22)14-24-18-12-10-17(11-13-18)20(23)16-8-5-4-6-9-16/h4-6,8-13,15H,3,7,14H2,1-2H3,(H,21,22)/t15-/m1/s1. The molecule has 2 aromatic rings. The van der Waals surface area contributed by atoms with Crippen molar-refractivity contribution < 1.29 is 14.3 Å². The molecule has 0 heterocycles. The van der Waals surface area contributed by atoms with Crippen LogP contribution in [0, 0.1) is 0 Å². The van der Waals surface area contributed by atoms with Crippen LogP contribution in [-0.4, -0.2) is 24.3 Å². The summed E-state index contributed by atoms with van der Waals surface area (Å²) in [6, 6.07) is 16.1. The molecule has 0 spiro atoms. The monoisotopic (exact) mass is 325 g/mol. The van der Waals surface area contributed by atoms with Crippen molar-refractivity contribution in [1.29, 1.82) is 0 Å². The van der Waals surface area contributed by atoms with Gasteiger partial charge in [0.1, 0.15) is 5.75 Å². The van der Waals surface area contributed by atoms with Gasteiger partial charge < -0.3 is 10.1 Å². The third kappa shape index (κ3) is 5.23. The number of amides is 1. The predicted octanol–water partition coefficient (Wildman–Crippen LogP) is 3.60. The molecule has 4 heteroatoms. The van der Waals surface area contributed by atoms with E-state index >= 15 is 0 Å². The van der Waals surface area contributed by atoms with Crippen molar-refractivity contribution in [2.45, 2.75) is 32.7 Å². The molecule has 0 aromatic heterocycles. The Hall–Kier alpha value is -2.62. The lowest BCUT2D eigenvalue weighted by atomic mass is 10.0. The number of rotatable bonds is 8. The number of carbonyl (C=O) groups excluding carboxylic acids is 2. The van der Waals surface area contributed by atoms with Crippen molar-refractivity contribution in [2.75, 3.05) is 6.61 Å². The molecule has 126 valence electrons. The van der Waals surface area contributed by atoms with E-state index in [-0.39, 0.29) is 24.3 Å². The first kappa shape index (κ1) is 17.7. The number of ether oxygens (including phenoxy) is 1. The smallest absolute Gasteiger partial charge is 0.258 e. The fourth-order valence-corrected chi connectivity index (χ4v) is 2.43. The van der Waals surface area contributed by atoms with E-state index in [0.717, 1.165) is 12.8 Å². The van der Waals surface area contributed by atoms with Crippen LogP contribution in [-0.2, 0) is 4.79 Å². The summed E-state index contributed by atoms with van der Waals surface area (Å²) in [5, 5.41) is 2.88. The average molecular weight is 325 g/mol. The average Bonchev–Trinajstić information content (AvgIpc) is 2.61. The van der Waals surface area contributed by atoms with Gasteiger partial charge in [0.2, 0.25) is 0 Å². The number of benzene rings is 2. The maximum absolute atomic E-state index is 12.3. The third-order valence-electron chi connectivity index (χ3n) is 3.65. The van der Waals surface area contributed by atoms with Crippen LogP contribution in [0.25, 0.3) is 0 Å². The molecule has 0 saturated carbocycles. The van der Waals surface area contributed by atoms with Gasteiger partial charge in [0.15, 0.2) is 12.4 Å². The highest BCUT2D eigenvalue weighted by Crippen LogP contribution is 2.15. The molecule has 1 N–H and O–H groups in total. The summed E-state index contributed by atoms with van der Waals surface area (Å²) in [6.07, 6.45) is 1.97. The predicted molar refractivity (Wildman–Crippen MR) is 94.3 cm³/mol. The van der Waals surface area contributed by atoms with Crippen LogP contribution in [0.1, 0.15) is 42.6 Å². The Labute approximate surface area is 142 Å². The maximum atomic E-state index is 12.3. The summed E-state index contributed by atoms with van der Waals surface area (Å²) < 4.78 is 5.46. The van der Waals surface area contributed by atoms with Crippen LogP contribution < -0.4 is 10.1 Å². The maximum Gasteiger partial charge on any atom is 0.258 e. The number of nitrogens with one attached hydrogen (secondary N) is 1. The van der Waals surface area contributed by atoms with Gasteiger partial charge in [-0.2, -0.15) is 0 Å². The molecule has 0 aliphatic rings. The van der Waals surface area contributed by atoms with E-state index in [1.165, 1.54) is 0 Å². The molecule has 0 aliphatic heterocycles. The molecule has 0 aliphatic carbocycles. The summed E-state index contributed by atoms with van der Waals surface area (Å²) in [4.78, 5) is 24.1. The first-order valence-electron chi connectivity index (χ1n) is 8.22. The number of hydrogen-bond acceptors (Lipinski definition) is 3. The van der Waals surface area contributed by atoms with Gasteiger partial charge in [0.05, 0.1) is 0 Å². The van der Waals surface area contributed by atoms with Crippen molar-refractivity contribution in [3.05, 3.63) is 65.7 Å². The van der Waals surface area contributed by atoms with Crippen LogP contribution >= 0.6 is 0 Å². The lowest BCUT2D eigenvalue weighted by Crippen LogP contribution is -2.35. The second-order valence-corrected chi connectivity index (χ2v) is 5.77. The largest absolute Gasteiger partial charge is 0.484 e. The van der Waals surface area contributed by atoms with Gasteiger partial charge in [-0.15, -0.1) is 0 Å². The Morgan fingerprint density at radius 1 is 1.00 bits per heavy atom. The highest BCUT2D eigenvalue weighted by atomic mass is 16.5. The highest BCUT2D eigenvalue weighted by molar-refractivity contribution is 6.08. The molecule has 0 unspecified atom stereocenters. The fraction of sp³-hybridized carbons (Fsp3) is 0.300. The molecule has 24 heavy (non-hydrogen) atoms. The lowest BCUT2D eigenvalue weighted by Gasteiger charge is -2.13. The Morgan fingerprint density at radius 2 is 1.62 bits per heavy atom. The summed E-state index contributed by atoms with van der Waals surface area (Å²) in [5.74, 6) is 0.395. The topological polar surface area (TPSA) is 55.4 Å². The molecular formula is C20H23NO3. The molecule has 4 nitrogen and oxygen atoms in total. The molecule has 2 rings (SSSR count). The molecule has 0 radical (unpaired) electrons. The van der Waals surface area contributed by atoms with Crippen LogP contribution in [0.4, 0.5) is 0 Å². The third-order valence-corrected chi connectivity index (χ3v) is 3.65. The van der Waals surface area contributed by atoms with Gasteiger partial charge >= 0.3 is 0 Å². The minimum Gasteiger partial charge on any atom is -0.484 e. The molecular weight excluding hydrogens is 302 g/mol. The zero-order valence-corrected chi connectivity index (χ0v) is 14.1. The van der Waals surface area contributed by atoms with Gasteiger partial charge in [-0.25, -0.2) is 0 Å². The fourth-order valence-electron chi connectivity index (χ4n) is 2.43. The summed E-state index contributed by atoms with van der Waals surface area (Å²) >= 11 is 0. The molecule has 2 aromatic carbocycles. The van der Waals surface area contributed by atoms with Gasteiger partial charge in [-0.05, 0) is 37.6 Å². The number of ketones is 1. The summed E-state index contributed by atoms with van der Waals surface area (Å²) in [7, 11) is 0. The Morgan fingerprint density at radius 3 is 2.25 bits per heavy atom. The molecule has 0 bridgehead atoms. The second kappa shape index (κ2) is 8.87.